The molecule has 0 atom stereocenters. The van der Waals surface area contributed by atoms with Gasteiger partial charge in [-0.2, -0.15) is 0 Å². The summed E-state index contributed by atoms with van der Waals surface area (Å²) in [4.78, 5) is 9.15. The monoisotopic (exact) mass is 178 g/mol. The highest BCUT2D eigenvalue weighted by atomic mass is 16.6. The molecule has 0 saturated carbocycles. The number of rotatable bonds is 1. The molecule has 0 spiro atoms. The summed E-state index contributed by atoms with van der Waals surface area (Å²) in [6, 6.07) is 0.736. The fourth-order valence-electron chi connectivity index (χ4n) is 0. The zero-order valence-corrected chi connectivity index (χ0v) is 8.79. The molecule has 0 heterocycles. The summed E-state index contributed by atoms with van der Waals surface area (Å²) in [5.41, 5.74) is 0. The van der Waals surface area contributed by atoms with Crippen molar-refractivity contribution in [2.45, 2.75) is 19.9 Å². The molecule has 0 saturated heterocycles. The lowest BCUT2D eigenvalue weighted by atomic mass is 10.3. The van der Waals surface area contributed by atoms with E-state index in [0.29, 0.717) is 0 Å². The molecule has 0 aromatic carbocycles. The van der Waals surface area contributed by atoms with Gasteiger partial charge < -0.3 is 14.3 Å². The maximum atomic E-state index is 9.15. The third kappa shape index (κ3) is 12.0. The van der Waals surface area contributed by atoms with Crippen LogP contribution in [0, 0.1) is 0 Å². The molecule has 0 bridgehead atoms. The van der Waals surface area contributed by atoms with E-state index in [9.17, 15) is 0 Å². The Morgan fingerprint density at radius 1 is 1.33 bits per heavy atom. The molecule has 0 amide bonds. The minimum atomic E-state index is -1.25. The van der Waals surface area contributed by atoms with Crippen LogP contribution in [0.5, 0.6) is 0 Å². The van der Waals surface area contributed by atoms with Crippen molar-refractivity contribution in [1.29, 1.82) is 0 Å². The molecular formula is C8H20NO3+. The van der Waals surface area contributed by atoms with Crippen LogP contribution in [-0.2, 0) is 4.74 Å². The summed E-state index contributed by atoms with van der Waals surface area (Å²) in [6.45, 7) is 4.44. The summed E-state index contributed by atoms with van der Waals surface area (Å²) in [6.07, 6.45) is -1.25. The topological polar surface area (TPSA) is 46.5 Å². The van der Waals surface area contributed by atoms with Crippen molar-refractivity contribution >= 4 is 6.16 Å². The van der Waals surface area contributed by atoms with Gasteiger partial charge in [0.05, 0.1) is 34.3 Å². The fraction of sp³-hybridized carbons (Fsp3) is 0.875. The van der Waals surface area contributed by atoms with Gasteiger partial charge in [0.1, 0.15) is 0 Å². The maximum absolute atomic E-state index is 9.15. The van der Waals surface area contributed by atoms with Gasteiger partial charge in [0.2, 0.25) is 0 Å². The van der Waals surface area contributed by atoms with Gasteiger partial charge in [-0.25, -0.2) is 4.79 Å². The lowest BCUT2D eigenvalue weighted by Crippen LogP contribution is -2.41. The number of methoxy groups -OCH3 is 1. The van der Waals surface area contributed by atoms with E-state index >= 15 is 0 Å². The minimum absolute atomic E-state index is 0.736. The van der Waals surface area contributed by atoms with Gasteiger partial charge in [-0.05, 0) is 13.8 Å². The number of carboxylic acid groups (broad SMARTS) is 1. The molecule has 0 aliphatic heterocycles. The first-order valence-corrected chi connectivity index (χ1v) is 3.79. The molecule has 0 aromatic heterocycles. The Kier molecular flexibility index (Phi) is 6.70. The van der Waals surface area contributed by atoms with E-state index in [1.165, 1.54) is 0 Å². The van der Waals surface area contributed by atoms with E-state index in [0.717, 1.165) is 17.6 Å². The lowest BCUT2D eigenvalue weighted by Gasteiger charge is -2.28. The smallest absolute Gasteiger partial charge is 0.450 e. The Hall–Kier alpha value is -0.770. The molecule has 1 N–H and O–H groups in total. The molecule has 0 aliphatic carbocycles. The highest BCUT2D eigenvalue weighted by Crippen LogP contribution is 1.97. The quantitative estimate of drug-likeness (QED) is 0.488. The number of ether oxygens (including phenoxy) is 1. The van der Waals surface area contributed by atoms with Crippen LogP contribution in [0.3, 0.4) is 0 Å². The van der Waals surface area contributed by atoms with Gasteiger partial charge in [0.25, 0.3) is 0 Å². The van der Waals surface area contributed by atoms with Crippen molar-refractivity contribution in [3.63, 3.8) is 0 Å². The van der Waals surface area contributed by atoms with Crippen LogP contribution in [-0.4, -0.2) is 50.0 Å². The summed E-state index contributed by atoms with van der Waals surface area (Å²) in [5.74, 6) is 0. The molecular weight excluding hydrogens is 158 g/mol. The summed E-state index contributed by atoms with van der Waals surface area (Å²) in [5, 5.41) is 7.50. The molecule has 0 unspecified atom stereocenters. The lowest BCUT2D eigenvalue weighted by molar-refractivity contribution is -0.891. The van der Waals surface area contributed by atoms with E-state index in [-0.39, 0.29) is 0 Å². The predicted molar refractivity (Wildman–Crippen MR) is 48.2 cm³/mol. The summed E-state index contributed by atoms with van der Waals surface area (Å²) >= 11 is 0. The van der Waals surface area contributed by atoms with Crippen LogP contribution >= 0.6 is 0 Å². The number of quaternary nitrogens is 1. The molecule has 0 radical (unpaired) electrons. The van der Waals surface area contributed by atoms with Gasteiger partial charge in [-0.3, -0.25) is 0 Å². The summed E-state index contributed by atoms with van der Waals surface area (Å²) < 4.78 is 4.72. The van der Waals surface area contributed by atoms with Crippen LogP contribution in [0.1, 0.15) is 13.8 Å². The number of nitrogens with zero attached hydrogens (tertiary/aromatic N) is 1. The van der Waals surface area contributed by atoms with Crippen LogP contribution in [0.15, 0.2) is 0 Å². The second-order valence-electron chi connectivity index (χ2n) is 3.68. The van der Waals surface area contributed by atoms with E-state index in [4.69, 9.17) is 9.90 Å². The van der Waals surface area contributed by atoms with Crippen LogP contribution < -0.4 is 0 Å². The summed E-state index contributed by atoms with van der Waals surface area (Å²) in [7, 11) is 7.70. The van der Waals surface area contributed by atoms with Gasteiger partial charge in [0, 0.05) is 0 Å². The van der Waals surface area contributed by atoms with Crippen LogP contribution in [0.25, 0.3) is 0 Å². The Morgan fingerprint density at radius 2 is 1.50 bits per heavy atom. The SMILES string of the molecule is CC(C)[N+](C)(C)C.COC(=O)O. The molecule has 0 rings (SSSR count). The molecule has 4 nitrogen and oxygen atoms in total. The number of carbonyl (C=O) groups is 1. The zero-order valence-electron chi connectivity index (χ0n) is 8.79. The normalized spacial score (nSPS) is 10.2. The standard InChI is InChI=1S/C6H16N.C2H4O3/c1-6(2)7(3,4)5;1-5-2(3)4/h6H,1-5H3;1H3,(H,3,4)/q+1;. The van der Waals surface area contributed by atoms with Crippen molar-refractivity contribution < 1.29 is 19.1 Å². The van der Waals surface area contributed by atoms with E-state index in [2.05, 4.69) is 39.7 Å². The molecule has 12 heavy (non-hydrogen) atoms. The molecule has 74 valence electrons. The first-order valence-electron chi connectivity index (χ1n) is 3.79. The van der Waals surface area contributed by atoms with Crippen molar-refractivity contribution in [2.24, 2.45) is 0 Å². The third-order valence-corrected chi connectivity index (χ3v) is 1.72. The average molecular weight is 178 g/mol. The van der Waals surface area contributed by atoms with Crippen molar-refractivity contribution in [1.82, 2.24) is 0 Å². The zero-order chi connectivity index (χ0) is 10.4. The Morgan fingerprint density at radius 3 is 1.50 bits per heavy atom. The Balaban J connectivity index is 0. The highest BCUT2D eigenvalue weighted by Gasteiger charge is 2.10. The van der Waals surface area contributed by atoms with Crippen LogP contribution in [0.2, 0.25) is 0 Å². The Bertz CT molecular complexity index is 127. The van der Waals surface area contributed by atoms with Crippen molar-refractivity contribution in [3.05, 3.63) is 0 Å². The number of hydrogen-bond acceptors (Lipinski definition) is 2. The third-order valence-electron chi connectivity index (χ3n) is 1.72. The second kappa shape index (κ2) is 5.83. The Labute approximate surface area is 74.3 Å². The van der Waals surface area contributed by atoms with Gasteiger partial charge >= 0.3 is 6.16 Å². The van der Waals surface area contributed by atoms with Crippen LogP contribution in [0.4, 0.5) is 4.79 Å². The largest absolute Gasteiger partial charge is 0.505 e. The second-order valence-corrected chi connectivity index (χ2v) is 3.68. The van der Waals surface area contributed by atoms with Crippen molar-refractivity contribution in [3.8, 4) is 0 Å². The average Bonchev–Trinajstić information content (AvgIpc) is 1.87. The first kappa shape index (κ1) is 13.8. The van der Waals surface area contributed by atoms with Gasteiger partial charge in [-0.15, -0.1) is 0 Å². The molecule has 0 aliphatic rings. The van der Waals surface area contributed by atoms with Crippen molar-refractivity contribution in [2.75, 3.05) is 28.3 Å². The van der Waals surface area contributed by atoms with Gasteiger partial charge in [-0.1, -0.05) is 0 Å². The molecule has 0 fully saturated rings. The van der Waals surface area contributed by atoms with E-state index in [1.807, 2.05) is 0 Å². The molecule has 4 heteroatoms. The minimum Gasteiger partial charge on any atom is -0.450 e. The predicted octanol–water partition coefficient (Wildman–Crippen LogP) is 1.41. The van der Waals surface area contributed by atoms with E-state index < -0.39 is 6.16 Å². The number of hydrogen-bond donors (Lipinski definition) is 1. The fourth-order valence-corrected chi connectivity index (χ4v) is 0. The van der Waals surface area contributed by atoms with E-state index in [1.54, 1.807) is 0 Å². The van der Waals surface area contributed by atoms with Gasteiger partial charge in [0.15, 0.2) is 0 Å². The first-order chi connectivity index (χ1) is 5.21. The highest BCUT2D eigenvalue weighted by molar-refractivity contribution is 5.56. The molecule has 0 aromatic rings. The maximum Gasteiger partial charge on any atom is 0.505 e.